The summed E-state index contributed by atoms with van der Waals surface area (Å²) in [4.78, 5) is 0.225. The molecule has 102 valence electrons. The molecule has 0 aliphatic rings. The minimum absolute atomic E-state index is 0.225. The van der Waals surface area contributed by atoms with Crippen molar-refractivity contribution in [1.82, 2.24) is 8.75 Å². The van der Waals surface area contributed by atoms with E-state index in [2.05, 4.69) is 13.5 Å². The number of benzene rings is 2. The second kappa shape index (κ2) is 4.84. The van der Waals surface area contributed by atoms with Gasteiger partial charge in [-0.2, -0.15) is 8.75 Å². The lowest BCUT2D eigenvalue weighted by Crippen LogP contribution is -2.13. The van der Waals surface area contributed by atoms with E-state index >= 15 is 0 Å². The van der Waals surface area contributed by atoms with Crippen LogP contribution >= 0.6 is 11.7 Å². The Hall–Kier alpha value is -1.99. The van der Waals surface area contributed by atoms with E-state index in [9.17, 15) is 8.42 Å². The second-order valence-corrected chi connectivity index (χ2v) is 6.57. The number of anilines is 1. The van der Waals surface area contributed by atoms with Crippen LogP contribution in [0.25, 0.3) is 11.0 Å². The zero-order chi connectivity index (χ0) is 14.2. The number of nitrogens with zero attached hydrogens (tertiary/aromatic N) is 2. The molecule has 0 unspecified atom stereocenters. The molecule has 0 radical (unpaired) electrons. The molecule has 5 nitrogen and oxygen atoms in total. The van der Waals surface area contributed by atoms with Gasteiger partial charge in [0.2, 0.25) is 0 Å². The van der Waals surface area contributed by atoms with Crippen LogP contribution in [0.4, 0.5) is 5.69 Å². The van der Waals surface area contributed by atoms with Crippen molar-refractivity contribution in [2.45, 2.75) is 11.8 Å². The summed E-state index contributed by atoms with van der Waals surface area (Å²) in [6, 6.07) is 11.9. The molecule has 1 heterocycles. The number of hydrogen-bond donors (Lipinski definition) is 1. The number of fused-ring (bicyclic) bond motifs is 1. The summed E-state index contributed by atoms with van der Waals surface area (Å²) < 4.78 is 35.4. The molecule has 0 saturated carbocycles. The molecule has 7 heteroatoms. The third kappa shape index (κ3) is 2.37. The fraction of sp³-hybridized carbons (Fsp3) is 0.0769. The van der Waals surface area contributed by atoms with E-state index in [1.807, 2.05) is 6.92 Å². The van der Waals surface area contributed by atoms with Crippen LogP contribution in [0.5, 0.6) is 0 Å². The summed E-state index contributed by atoms with van der Waals surface area (Å²) in [5.41, 5.74) is 2.69. The van der Waals surface area contributed by atoms with Crippen molar-refractivity contribution in [2.75, 3.05) is 4.72 Å². The molecule has 1 N–H and O–H groups in total. The molecular weight excluding hydrogens is 294 g/mol. The minimum Gasteiger partial charge on any atom is -0.277 e. The molecule has 3 rings (SSSR count). The van der Waals surface area contributed by atoms with E-state index in [1.54, 1.807) is 42.5 Å². The van der Waals surface area contributed by atoms with Crippen molar-refractivity contribution in [3.8, 4) is 0 Å². The monoisotopic (exact) mass is 305 g/mol. The summed E-state index contributed by atoms with van der Waals surface area (Å²) in [6.45, 7) is 1.91. The highest BCUT2D eigenvalue weighted by Gasteiger charge is 2.16. The maximum absolute atomic E-state index is 12.3. The molecule has 3 aromatic rings. The van der Waals surface area contributed by atoms with Gasteiger partial charge in [-0.3, -0.25) is 4.72 Å². The van der Waals surface area contributed by atoms with E-state index in [-0.39, 0.29) is 4.90 Å². The van der Waals surface area contributed by atoms with Gasteiger partial charge < -0.3 is 0 Å². The summed E-state index contributed by atoms with van der Waals surface area (Å²) in [5, 5.41) is 0. The lowest BCUT2D eigenvalue weighted by Gasteiger charge is -2.08. The first-order valence-electron chi connectivity index (χ1n) is 5.87. The van der Waals surface area contributed by atoms with Crippen LogP contribution in [0.15, 0.2) is 47.4 Å². The summed E-state index contributed by atoms with van der Waals surface area (Å²) in [7, 11) is -3.61. The molecule has 0 spiro atoms. The second-order valence-electron chi connectivity index (χ2n) is 4.36. The van der Waals surface area contributed by atoms with Gasteiger partial charge in [-0.05, 0) is 31.2 Å². The summed E-state index contributed by atoms with van der Waals surface area (Å²) >= 11 is 1.06. The lowest BCUT2D eigenvalue weighted by atomic mass is 10.2. The fourth-order valence-corrected chi connectivity index (χ4v) is 3.43. The smallest absolute Gasteiger partial charge is 0.261 e. The third-order valence-corrected chi connectivity index (χ3v) is 4.79. The Morgan fingerprint density at radius 1 is 1.05 bits per heavy atom. The van der Waals surface area contributed by atoms with E-state index in [4.69, 9.17) is 0 Å². The molecule has 2 aromatic carbocycles. The SMILES string of the molecule is Cc1ccc(S(=O)(=O)Nc2cccc3nsnc23)cc1. The van der Waals surface area contributed by atoms with E-state index in [1.165, 1.54) is 0 Å². The number of aromatic nitrogens is 2. The van der Waals surface area contributed by atoms with Crippen molar-refractivity contribution in [2.24, 2.45) is 0 Å². The number of sulfonamides is 1. The van der Waals surface area contributed by atoms with Crippen LogP contribution in [0, 0.1) is 6.92 Å². The van der Waals surface area contributed by atoms with Gasteiger partial charge in [-0.25, -0.2) is 8.42 Å². The Balaban J connectivity index is 2.01. The Morgan fingerprint density at radius 2 is 1.80 bits per heavy atom. The van der Waals surface area contributed by atoms with Crippen LogP contribution in [-0.2, 0) is 10.0 Å². The van der Waals surface area contributed by atoms with Crippen LogP contribution < -0.4 is 4.72 Å². The first-order valence-corrected chi connectivity index (χ1v) is 8.08. The molecule has 0 fully saturated rings. The third-order valence-electron chi connectivity index (χ3n) is 2.86. The van der Waals surface area contributed by atoms with Gasteiger partial charge in [0, 0.05) is 0 Å². The quantitative estimate of drug-likeness (QED) is 0.807. The van der Waals surface area contributed by atoms with Gasteiger partial charge in [0.1, 0.15) is 11.0 Å². The van der Waals surface area contributed by atoms with Gasteiger partial charge in [-0.15, -0.1) is 0 Å². The number of nitrogens with one attached hydrogen (secondary N) is 1. The summed E-state index contributed by atoms with van der Waals surface area (Å²) in [6.07, 6.45) is 0. The zero-order valence-electron chi connectivity index (χ0n) is 10.6. The highest BCUT2D eigenvalue weighted by Crippen LogP contribution is 2.24. The first kappa shape index (κ1) is 13.0. The number of aryl methyl sites for hydroxylation is 1. The van der Waals surface area contributed by atoms with Gasteiger partial charge in [0.15, 0.2) is 0 Å². The van der Waals surface area contributed by atoms with E-state index in [0.29, 0.717) is 16.7 Å². The standard InChI is InChI=1S/C13H11N3O2S2/c1-9-5-7-10(8-6-9)20(17,18)16-12-4-2-3-11-13(12)15-19-14-11/h2-8,16H,1H3. The summed E-state index contributed by atoms with van der Waals surface area (Å²) in [5.74, 6) is 0. The maximum Gasteiger partial charge on any atom is 0.261 e. The largest absolute Gasteiger partial charge is 0.277 e. The van der Waals surface area contributed by atoms with Crippen molar-refractivity contribution in [1.29, 1.82) is 0 Å². The normalized spacial score (nSPS) is 11.7. The average Bonchev–Trinajstić information content (AvgIpc) is 2.88. The molecule has 1 aromatic heterocycles. The van der Waals surface area contributed by atoms with Crippen molar-refractivity contribution in [3.05, 3.63) is 48.0 Å². The fourth-order valence-electron chi connectivity index (χ4n) is 1.81. The molecule has 0 aliphatic carbocycles. The highest BCUT2D eigenvalue weighted by molar-refractivity contribution is 7.92. The van der Waals surface area contributed by atoms with Gasteiger partial charge in [-0.1, -0.05) is 23.8 Å². The van der Waals surface area contributed by atoms with Crippen molar-refractivity contribution >= 4 is 38.5 Å². The molecule has 0 aliphatic heterocycles. The Morgan fingerprint density at radius 3 is 2.55 bits per heavy atom. The highest BCUT2D eigenvalue weighted by atomic mass is 32.2. The topological polar surface area (TPSA) is 72.0 Å². The maximum atomic E-state index is 12.3. The molecule has 0 atom stereocenters. The van der Waals surface area contributed by atoms with Gasteiger partial charge in [0.25, 0.3) is 10.0 Å². The van der Waals surface area contributed by atoms with E-state index < -0.39 is 10.0 Å². The predicted octanol–water partition coefficient (Wildman–Crippen LogP) is 2.80. The van der Waals surface area contributed by atoms with Crippen LogP contribution in [0.3, 0.4) is 0 Å². The first-order chi connectivity index (χ1) is 9.56. The number of hydrogen-bond acceptors (Lipinski definition) is 5. The Labute approximate surface area is 120 Å². The zero-order valence-corrected chi connectivity index (χ0v) is 12.2. The van der Waals surface area contributed by atoms with E-state index in [0.717, 1.165) is 17.3 Å². The molecule has 20 heavy (non-hydrogen) atoms. The number of rotatable bonds is 3. The van der Waals surface area contributed by atoms with Crippen molar-refractivity contribution < 1.29 is 8.42 Å². The molecule has 0 saturated heterocycles. The minimum atomic E-state index is -3.61. The molecule has 0 bridgehead atoms. The van der Waals surface area contributed by atoms with Gasteiger partial charge in [0.05, 0.1) is 22.3 Å². The van der Waals surface area contributed by atoms with Crippen molar-refractivity contribution in [3.63, 3.8) is 0 Å². The van der Waals surface area contributed by atoms with Crippen LogP contribution in [0.2, 0.25) is 0 Å². The van der Waals surface area contributed by atoms with Gasteiger partial charge >= 0.3 is 0 Å². The molecular formula is C13H11N3O2S2. The predicted molar refractivity (Wildman–Crippen MR) is 79.4 cm³/mol. The average molecular weight is 305 g/mol. The lowest BCUT2D eigenvalue weighted by molar-refractivity contribution is 0.601. The Kier molecular flexibility index (Phi) is 3.15. The van der Waals surface area contributed by atoms with Crippen LogP contribution in [0.1, 0.15) is 5.56 Å². The van der Waals surface area contributed by atoms with Crippen LogP contribution in [-0.4, -0.2) is 17.2 Å². The molecule has 0 amide bonds. The Bertz CT molecular complexity index is 855.